The van der Waals surface area contributed by atoms with E-state index in [1.54, 1.807) is 0 Å². The molecule has 1 aliphatic rings. The van der Waals surface area contributed by atoms with E-state index >= 15 is 0 Å². The zero-order valence-electron chi connectivity index (χ0n) is 16.7. The summed E-state index contributed by atoms with van der Waals surface area (Å²) < 4.78 is 0. The molecule has 144 valence electrons. The van der Waals surface area contributed by atoms with Crippen LogP contribution in [0.25, 0.3) is 0 Å². The smallest absolute Gasteiger partial charge is 0.241 e. The van der Waals surface area contributed by atoms with Crippen LogP contribution in [0.3, 0.4) is 0 Å². The Bertz CT molecular complexity index is 720. The van der Waals surface area contributed by atoms with Crippen LogP contribution in [0.2, 0.25) is 0 Å². The molecule has 0 spiro atoms. The third-order valence-corrected chi connectivity index (χ3v) is 5.21. The summed E-state index contributed by atoms with van der Waals surface area (Å²) in [5, 5.41) is 6.83. The lowest BCUT2D eigenvalue weighted by Crippen LogP contribution is -2.41. The van der Waals surface area contributed by atoms with E-state index in [-0.39, 0.29) is 18.0 Å². The van der Waals surface area contributed by atoms with Crippen molar-refractivity contribution in [1.29, 1.82) is 0 Å². The van der Waals surface area contributed by atoms with E-state index < -0.39 is 0 Å². The zero-order chi connectivity index (χ0) is 19.2. The van der Waals surface area contributed by atoms with Crippen LogP contribution in [0.5, 0.6) is 0 Å². The molecule has 1 amide bonds. The van der Waals surface area contributed by atoms with Gasteiger partial charge in [0.05, 0.1) is 0 Å². The van der Waals surface area contributed by atoms with Gasteiger partial charge in [-0.15, -0.1) is 0 Å². The lowest BCUT2D eigenvalue weighted by Gasteiger charge is -2.29. The number of nitrogens with one attached hydrogen (secondary N) is 2. The zero-order valence-corrected chi connectivity index (χ0v) is 16.7. The molecule has 0 unspecified atom stereocenters. The molecule has 1 saturated carbocycles. The van der Waals surface area contributed by atoms with E-state index in [9.17, 15) is 4.79 Å². The van der Waals surface area contributed by atoms with Gasteiger partial charge in [0.15, 0.2) is 0 Å². The molecule has 2 atom stereocenters. The van der Waals surface area contributed by atoms with Crippen molar-refractivity contribution in [2.45, 2.75) is 64.6 Å². The van der Waals surface area contributed by atoms with Crippen molar-refractivity contribution in [3.05, 3.63) is 71.3 Å². The number of carbonyl (C=O) groups is 1. The number of hydrogen-bond donors (Lipinski definition) is 2. The minimum absolute atomic E-state index is 0.0805. The maximum Gasteiger partial charge on any atom is 0.241 e. The normalized spacial score (nSPS) is 16.1. The molecular weight excluding hydrogens is 332 g/mol. The molecule has 0 saturated heterocycles. The predicted molar refractivity (Wildman–Crippen MR) is 111 cm³/mol. The molecule has 0 aliphatic heterocycles. The van der Waals surface area contributed by atoms with Crippen molar-refractivity contribution in [3.8, 4) is 0 Å². The van der Waals surface area contributed by atoms with E-state index in [4.69, 9.17) is 0 Å². The first kappa shape index (κ1) is 19.6. The molecule has 2 aromatic carbocycles. The molecule has 0 heterocycles. The fourth-order valence-corrected chi connectivity index (χ4v) is 3.51. The van der Waals surface area contributed by atoms with Gasteiger partial charge in [0.1, 0.15) is 6.04 Å². The molecule has 0 bridgehead atoms. The van der Waals surface area contributed by atoms with Gasteiger partial charge in [-0.25, -0.2) is 0 Å². The topological polar surface area (TPSA) is 41.1 Å². The van der Waals surface area contributed by atoms with Gasteiger partial charge in [0, 0.05) is 12.1 Å². The highest BCUT2D eigenvalue weighted by molar-refractivity contribution is 5.83. The van der Waals surface area contributed by atoms with E-state index in [2.05, 4.69) is 55.7 Å². The standard InChI is InChI=1S/C24H32N2O/c1-4-8-18-11-13-20(14-12-18)22(17(2)3)26-23(19-9-6-5-7-10-19)24(27)25-21-15-16-21/h5-7,9-14,17,21-23,26H,4,8,15-16H2,1-3H3,(H,25,27)/t22-,23+/m0/s1. The average Bonchev–Trinajstić information content (AvgIpc) is 3.48. The predicted octanol–water partition coefficient (Wildman–Crippen LogP) is 4.95. The fraction of sp³-hybridized carbons (Fsp3) is 0.458. The summed E-state index contributed by atoms with van der Waals surface area (Å²) >= 11 is 0. The van der Waals surface area contributed by atoms with Crippen molar-refractivity contribution in [3.63, 3.8) is 0 Å². The lowest BCUT2D eigenvalue weighted by molar-refractivity contribution is -0.123. The van der Waals surface area contributed by atoms with Crippen molar-refractivity contribution >= 4 is 5.91 Å². The SMILES string of the molecule is CCCc1ccc([C@@H](N[C@@H](C(=O)NC2CC2)c2ccccc2)C(C)C)cc1. The first-order chi connectivity index (χ1) is 13.1. The second-order valence-corrected chi connectivity index (χ2v) is 8.01. The number of benzene rings is 2. The third-order valence-electron chi connectivity index (χ3n) is 5.21. The number of hydrogen-bond acceptors (Lipinski definition) is 2. The van der Waals surface area contributed by atoms with E-state index in [1.165, 1.54) is 11.1 Å². The third kappa shape index (κ3) is 5.43. The molecule has 1 aliphatic carbocycles. The van der Waals surface area contributed by atoms with Crippen molar-refractivity contribution in [2.75, 3.05) is 0 Å². The van der Waals surface area contributed by atoms with E-state index in [0.717, 1.165) is 31.2 Å². The van der Waals surface area contributed by atoms with Gasteiger partial charge in [0.25, 0.3) is 0 Å². The van der Waals surface area contributed by atoms with Crippen molar-refractivity contribution < 1.29 is 4.79 Å². The molecule has 3 rings (SSSR count). The molecule has 3 heteroatoms. The van der Waals surface area contributed by atoms with Crippen LogP contribution in [0.4, 0.5) is 0 Å². The summed E-state index contributed by atoms with van der Waals surface area (Å²) in [7, 11) is 0. The Morgan fingerprint density at radius 1 is 1.00 bits per heavy atom. The largest absolute Gasteiger partial charge is 0.352 e. The van der Waals surface area contributed by atoms with Gasteiger partial charge < -0.3 is 5.32 Å². The van der Waals surface area contributed by atoms with E-state index in [0.29, 0.717) is 12.0 Å². The highest BCUT2D eigenvalue weighted by Crippen LogP contribution is 2.28. The Hall–Kier alpha value is -2.13. The Kier molecular flexibility index (Phi) is 6.68. The first-order valence-electron chi connectivity index (χ1n) is 10.3. The highest BCUT2D eigenvalue weighted by Gasteiger charge is 2.30. The average molecular weight is 365 g/mol. The summed E-state index contributed by atoms with van der Waals surface area (Å²) in [5.74, 6) is 0.457. The van der Waals surface area contributed by atoms with Crippen LogP contribution in [0.1, 0.15) is 68.8 Å². The van der Waals surface area contributed by atoms with Gasteiger partial charge in [-0.1, -0.05) is 81.8 Å². The Morgan fingerprint density at radius 3 is 2.22 bits per heavy atom. The number of rotatable bonds is 9. The van der Waals surface area contributed by atoms with Crippen LogP contribution in [0, 0.1) is 5.92 Å². The summed E-state index contributed by atoms with van der Waals surface area (Å²) in [6.07, 6.45) is 4.46. The van der Waals surface area contributed by atoms with Crippen molar-refractivity contribution in [2.24, 2.45) is 5.92 Å². The molecule has 2 aromatic rings. The van der Waals surface area contributed by atoms with Gasteiger partial charge in [-0.05, 0) is 41.9 Å². The summed E-state index contributed by atoms with van der Waals surface area (Å²) in [4.78, 5) is 12.9. The number of amides is 1. The Morgan fingerprint density at radius 2 is 1.67 bits per heavy atom. The van der Waals surface area contributed by atoms with Crippen LogP contribution in [0.15, 0.2) is 54.6 Å². The molecule has 27 heavy (non-hydrogen) atoms. The molecule has 3 nitrogen and oxygen atoms in total. The quantitative estimate of drug-likeness (QED) is 0.661. The minimum atomic E-state index is -0.338. The maximum absolute atomic E-state index is 12.9. The molecule has 0 radical (unpaired) electrons. The molecule has 0 aromatic heterocycles. The van der Waals surface area contributed by atoms with Crippen LogP contribution < -0.4 is 10.6 Å². The lowest BCUT2D eigenvalue weighted by atomic mass is 9.92. The number of carbonyl (C=O) groups excluding carboxylic acids is 1. The number of aryl methyl sites for hydroxylation is 1. The van der Waals surface area contributed by atoms with Gasteiger partial charge in [0.2, 0.25) is 5.91 Å². The monoisotopic (exact) mass is 364 g/mol. The second-order valence-electron chi connectivity index (χ2n) is 8.01. The highest BCUT2D eigenvalue weighted by atomic mass is 16.2. The molecule has 2 N–H and O–H groups in total. The minimum Gasteiger partial charge on any atom is -0.352 e. The van der Waals surface area contributed by atoms with Crippen molar-refractivity contribution in [1.82, 2.24) is 10.6 Å². The summed E-state index contributed by atoms with van der Waals surface area (Å²) in [6.45, 7) is 6.62. The van der Waals surface area contributed by atoms with Crippen LogP contribution >= 0.6 is 0 Å². The molecular formula is C24H32N2O. The summed E-state index contributed by atoms with van der Waals surface area (Å²) in [5.41, 5.74) is 3.63. The van der Waals surface area contributed by atoms with E-state index in [1.807, 2.05) is 30.3 Å². The fourth-order valence-electron chi connectivity index (χ4n) is 3.51. The second kappa shape index (κ2) is 9.18. The first-order valence-corrected chi connectivity index (χ1v) is 10.3. The Balaban J connectivity index is 1.82. The van der Waals surface area contributed by atoms with Gasteiger partial charge in [-0.2, -0.15) is 0 Å². The van der Waals surface area contributed by atoms with Crippen LogP contribution in [-0.2, 0) is 11.2 Å². The maximum atomic E-state index is 12.9. The molecule has 1 fully saturated rings. The van der Waals surface area contributed by atoms with Gasteiger partial charge >= 0.3 is 0 Å². The summed E-state index contributed by atoms with van der Waals surface area (Å²) in [6, 6.07) is 19.1. The Labute approximate surface area is 163 Å². The van der Waals surface area contributed by atoms with Gasteiger partial charge in [-0.3, -0.25) is 10.1 Å². The van der Waals surface area contributed by atoms with Crippen LogP contribution in [-0.4, -0.2) is 11.9 Å².